The molecule has 0 aliphatic heterocycles. The highest BCUT2D eigenvalue weighted by Crippen LogP contribution is 2.04. The summed E-state index contributed by atoms with van der Waals surface area (Å²) in [4.78, 5) is 23.0. The summed E-state index contributed by atoms with van der Waals surface area (Å²) in [7, 11) is 0. The second-order valence-electron chi connectivity index (χ2n) is 4.81. The van der Waals surface area contributed by atoms with Crippen LogP contribution in [0.1, 0.15) is 25.8 Å². The first-order valence-electron chi connectivity index (χ1n) is 6.82. The van der Waals surface area contributed by atoms with E-state index in [0.717, 1.165) is 12.1 Å². The molecule has 2 atom stereocenters. The summed E-state index contributed by atoms with van der Waals surface area (Å²) in [5, 5.41) is 14.9. The first kappa shape index (κ1) is 16.2. The average molecular weight is 278 g/mol. The van der Waals surface area contributed by atoms with Crippen LogP contribution in [0.15, 0.2) is 30.3 Å². The normalized spacial score (nSPS) is 13.5. The van der Waals surface area contributed by atoms with Gasteiger partial charge in [0.15, 0.2) is 0 Å². The van der Waals surface area contributed by atoms with Gasteiger partial charge >= 0.3 is 5.97 Å². The third-order valence-corrected chi connectivity index (χ3v) is 2.96. The van der Waals surface area contributed by atoms with Gasteiger partial charge in [0.1, 0.15) is 6.04 Å². The number of carbonyl (C=O) groups is 2. The number of amides is 1. The van der Waals surface area contributed by atoms with Gasteiger partial charge in [-0.05, 0) is 19.0 Å². The molecule has 0 aliphatic rings. The van der Waals surface area contributed by atoms with E-state index in [0.29, 0.717) is 0 Å². The molecule has 1 aromatic carbocycles. The predicted molar refractivity (Wildman–Crippen MR) is 77.5 cm³/mol. The van der Waals surface area contributed by atoms with Crippen molar-refractivity contribution in [1.82, 2.24) is 10.6 Å². The molecule has 0 bridgehead atoms. The van der Waals surface area contributed by atoms with Gasteiger partial charge in [-0.1, -0.05) is 37.3 Å². The maximum atomic E-state index is 11.8. The zero-order valence-corrected chi connectivity index (χ0v) is 11.9. The predicted octanol–water partition coefficient (Wildman–Crippen LogP) is 1.19. The monoisotopic (exact) mass is 278 g/mol. The van der Waals surface area contributed by atoms with Crippen LogP contribution in [0.5, 0.6) is 0 Å². The van der Waals surface area contributed by atoms with Crippen molar-refractivity contribution in [2.45, 2.75) is 38.8 Å². The Bertz CT molecular complexity index is 434. The first-order chi connectivity index (χ1) is 9.52. The third-order valence-electron chi connectivity index (χ3n) is 2.96. The molecule has 1 rings (SSSR count). The van der Waals surface area contributed by atoms with Crippen molar-refractivity contribution in [3.63, 3.8) is 0 Å². The molecule has 2 unspecified atom stereocenters. The van der Waals surface area contributed by atoms with Gasteiger partial charge in [-0.3, -0.25) is 4.79 Å². The number of carboxylic acid groups (broad SMARTS) is 1. The number of aliphatic carboxylic acids is 1. The van der Waals surface area contributed by atoms with Crippen molar-refractivity contribution in [2.24, 2.45) is 0 Å². The molecule has 5 nitrogen and oxygen atoms in total. The molecule has 3 N–H and O–H groups in total. The standard InChI is InChI=1S/C15H22N2O3/c1-3-16-11(2)9-14(18)17-13(15(19)20)10-12-7-5-4-6-8-12/h4-8,11,13,16H,3,9-10H2,1-2H3,(H,17,18)(H,19,20). The van der Waals surface area contributed by atoms with E-state index in [9.17, 15) is 14.7 Å². The van der Waals surface area contributed by atoms with E-state index in [1.165, 1.54) is 0 Å². The number of nitrogens with one attached hydrogen (secondary N) is 2. The van der Waals surface area contributed by atoms with E-state index in [1.54, 1.807) is 0 Å². The van der Waals surface area contributed by atoms with Gasteiger partial charge < -0.3 is 15.7 Å². The summed E-state index contributed by atoms with van der Waals surface area (Å²) in [6.45, 7) is 4.64. The Kier molecular flexibility index (Phi) is 6.73. The number of hydrogen-bond acceptors (Lipinski definition) is 3. The molecule has 0 spiro atoms. The van der Waals surface area contributed by atoms with Crippen molar-refractivity contribution >= 4 is 11.9 Å². The molecule has 0 aliphatic carbocycles. The Morgan fingerprint density at radius 2 is 1.90 bits per heavy atom. The lowest BCUT2D eigenvalue weighted by atomic mass is 10.1. The van der Waals surface area contributed by atoms with Crippen LogP contribution >= 0.6 is 0 Å². The maximum absolute atomic E-state index is 11.8. The number of carboxylic acids is 1. The molecule has 1 amide bonds. The fourth-order valence-electron chi connectivity index (χ4n) is 2.00. The fourth-order valence-corrected chi connectivity index (χ4v) is 2.00. The largest absolute Gasteiger partial charge is 0.480 e. The lowest BCUT2D eigenvalue weighted by Crippen LogP contribution is -2.44. The highest BCUT2D eigenvalue weighted by Gasteiger charge is 2.21. The van der Waals surface area contributed by atoms with Gasteiger partial charge in [0.25, 0.3) is 0 Å². The van der Waals surface area contributed by atoms with E-state index >= 15 is 0 Å². The minimum absolute atomic E-state index is 0.0335. The van der Waals surface area contributed by atoms with Crippen molar-refractivity contribution < 1.29 is 14.7 Å². The molecule has 0 fully saturated rings. The Morgan fingerprint density at radius 1 is 1.25 bits per heavy atom. The van der Waals surface area contributed by atoms with E-state index in [4.69, 9.17) is 0 Å². The molecule has 1 aromatic rings. The minimum atomic E-state index is -1.02. The number of rotatable bonds is 8. The second kappa shape index (κ2) is 8.32. The van der Waals surface area contributed by atoms with Crippen LogP contribution < -0.4 is 10.6 Å². The first-order valence-corrected chi connectivity index (χ1v) is 6.82. The van der Waals surface area contributed by atoms with E-state index in [1.807, 2.05) is 44.2 Å². The smallest absolute Gasteiger partial charge is 0.326 e. The van der Waals surface area contributed by atoms with Gasteiger partial charge in [-0.15, -0.1) is 0 Å². The van der Waals surface area contributed by atoms with E-state index in [-0.39, 0.29) is 24.8 Å². The summed E-state index contributed by atoms with van der Waals surface area (Å²) in [5.74, 6) is -1.26. The SMILES string of the molecule is CCNC(C)CC(=O)NC(Cc1ccccc1)C(=O)O. The molecular formula is C15H22N2O3. The Hall–Kier alpha value is -1.88. The summed E-state index contributed by atoms with van der Waals surface area (Å²) >= 11 is 0. The highest BCUT2D eigenvalue weighted by molar-refractivity contribution is 5.84. The quantitative estimate of drug-likeness (QED) is 0.667. The summed E-state index contributed by atoms with van der Waals surface area (Å²) in [6, 6.07) is 8.42. The molecule has 0 saturated heterocycles. The number of hydrogen-bond donors (Lipinski definition) is 3. The van der Waals surface area contributed by atoms with Gasteiger partial charge in [0, 0.05) is 18.9 Å². The van der Waals surface area contributed by atoms with Gasteiger partial charge in [0.2, 0.25) is 5.91 Å². The minimum Gasteiger partial charge on any atom is -0.480 e. The summed E-state index contributed by atoms with van der Waals surface area (Å²) in [6.07, 6.45) is 0.559. The molecule has 0 heterocycles. The zero-order chi connectivity index (χ0) is 15.0. The summed E-state index contributed by atoms with van der Waals surface area (Å²) in [5.41, 5.74) is 0.889. The van der Waals surface area contributed by atoms with E-state index in [2.05, 4.69) is 10.6 Å². The van der Waals surface area contributed by atoms with Crippen molar-refractivity contribution in [1.29, 1.82) is 0 Å². The Balaban J connectivity index is 2.55. The molecule has 20 heavy (non-hydrogen) atoms. The molecular weight excluding hydrogens is 256 g/mol. The highest BCUT2D eigenvalue weighted by atomic mass is 16.4. The lowest BCUT2D eigenvalue weighted by Gasteiger charge is -2.17. The molecule has 5 heteroatoms. The maximum Gasteiger partial charge on any atom is 0.326 e. The third kappa shape index (κ3) is 5.84. The van der Waals surface area contributed by atoms with Crippen LogP contribution in [-0.4, -0.2) is 35.6 Å². The van der Waals surface area contributed by atoms with Crippen LogP contribution in [-0.2, 0) is 16.0 Å². The van der Waals surface area contributed by atoms with Crippen molar-refractivity contribution in [3.05, 3.63) is 35.9 Å². The topological polar surface area (TPSA) is 78.4 Å². The molecule has 0 saturated carbocycles. The van der Waals surface area contributed by atoms with Gasteiger partial charge in [0.05, 0.1) is 0 Å². The van der Waals surface area contributed by atoms with E-state index < -0.39 is 12.0 Å². The number of carbonyl (C=O) groups excluding carboxylic acids is 1. The Labute approximate surface area is 119 Å². The molecule has 0 aromatic heterocycles. The van der Waals surface area contributed by atoms with Crippen LogP contribution in [0, 0.1) is 0 Å². The Morgan fingerprint density at radius 3 is 2.45 bits per heavy atom. The van der Waals surface area contributed by atoms with Crippen LogP contribution in [0.4, 0.5) is 0 Å². The summed E-state index contributed by atoms with van der Waals surface area (Å²) < 4.78 is 0. The van der Waals surface area contributed by atoms with Gasteiger partial charge in [-0.2, -0.15) is 0 Å². The van der Waals surface area contributed by atoms with Crippen molar-refractivity contribution in [2.75, 3.05) is 6.54 Å². The van der Waals surface area contributed by atoms with Crippen LogP contribution in [0.2, 0.25) is 0 Å². The molecule has 0 radical (unpaired) electrons. The average Bonchev–Trinajstić information content (AvgIpc) is 2.39. The fraction of sp³-hybridized carbons (Fsp3) is 0.467. The van der Waals surface area contributed by atoms with Crippen molar-refractivity contribution in [3.8, 4) is 0 Å². The van der Waals surface area contributed by atoms with Gasteiger partial charge in [-0.25, -0.2) is 4.79 Å². The molecule has 110 valence electrons. The number of benzene rings is 1. The lowest BCUT2D eigenvalue weighted by molar-refractivity contribution is -0.141. The zero-order valence-electron chi connectivity index (χ0n) is 11.9. The van der Waals surface area contributed by atoms with Crippen LogP contribution in [0.3, 0.4) is 0 Å². The van der Waals surface area contributed by atoms with Crippen LogP contribution in [0.25, 0.3) is 0 Å². The second-order valence-corrected chi connectivity index (χ2v) is 4.81.